The van der Waals surface area contributed by atoms with Crippen LogP contribution in [0.4, 0.5) is 17.2 Å². The third-order valence-electron chi connectivity index (χ3n) is 8.90. The fraction of sp³-hybridized carbons (Fsp3) is 0.265. The van der Waals surface area contributed by atoms with E-state index in [0.29, 0.717) is 16.9 Å². The first-order chi connectivity index (χ1) is 20.6. The van der Waals surface area contributed by atoms with Crippen LogP contribution in [0, 0.1) is 12.8 Å². The standard InChI is InChI=1S/C34H30BrN5O2/c1-21-30-31(26-20-42-29-17-16-23(35)18-25(29)32(26)41)39-28-15-9-8-14-27(28)38(19-22-10-4-2-5-11-22)34(39)36-33(30)40(37-21)24-12-6-3-7-13-24/h2-15,20,23,25,29,31H,16-19H2,1H3. The number of benzene rings is 3. The number of hydrogen-bond donors (Lipinski definition) is 0. The van der Waals surface area contributed by atoms with E-state index in [2.05, 4.69) is 74.3 Å². The number of hydrogen-bond acceptors (Lipinski definition) is 6. The number of anilines is 2. The molecule has 42 heavy (non-hydrogen) atoms. The normalized spacial score (nSPS) is 24.2. The lowest BCUT2D eigenvalue weighted by molar-refractivity contribution is -0.127. The highest BCUT2D eigenvalue weighted by atomic mass is 79.9. The predicted molar refractivity (Wildman–Crippen MR) is 168 cm³/mol. The number of alkyl halides is 1. The summed E-state index contributed by atoms with van der Waals surface area (Å²) in [6, 6.07) is 28.5. The summed E-state index contributed by atoms with van der Waals surface area (Å²) in [6.45, 7) is 2.66. The molecule has 4 atom stereocenters. The first-order valence-electron chi connectivity index (χ1n) is 14.6. The summed E-state index contributed by atoms with van der Waals surface area (Å²) in [6.07, 6.45) is 4.34. The zero-order valence-corrected chi connectivity index (χ0v) is 24.8. The van der Waals surface area contributed by atoms with Crippen LogP contribution in [0.15, 0.2) is 102 Å². The highest BCUT2D eigenvalue weighted by molar-refractivity contribution is 9.09. The van der Waals surface area contributed by atoms with Crippen molar-refractivity contribution < 1.29 is 9.53 Å². The molecule has 0 spiro atoms. The maximum atomic E-state index is 14.4. The number of halogens is 1. The Hall–Kier alpha value is -4.17. The quantitative estimate of drug-likeness (QED) is 0.227. The van der Waals surface area contributed by atoms with Gasteiger partial charge in [0.1, 0.15) is 6.10 Å². The average molecular weight is 621 g/mol. The maximum Gasteiger partial charge on any atom is 0.213 e. The number of nitrogens with zero attached hydrogens (tertiary/aromatic N) is 5. The van der Waals surface area contributed by atoms with Crippen LogP contribution in [-0.2, 0) is 16.1 Å². The molecule has 8 rings (SSSR count). The average Bonchev–Trinajstić information content (AvgIpc) is 3.52. The Morgan fingerprint density at radius 3 is 2.43 bits per heavy atom. The summed E-state index contributed by atoms with van der Waals surface area (Å²) in [5, 5.41) is 5.00. The molecule has 0 N–H and O–H groups in total. The van der Waals surface area contributed by atoms with Crippen molar-refractivity contribution in [1.29, 1.82) is 0 Å². The first-order valence-corrected chi connectivity index (χ1v) is 15.5. The van der Waals surface area contributed by atoms with Crippen LogP contribution >= 0.6 is 15.9 Å². The van der Waals surface area contributed by atoms with Gasteiger partial charge in [0, 0.05) is 10.4 Å². The van der Waals surface area contributed by atoms with Gasteiger partial charge in [-0.05, 0) is 56.0 Å². The Bertz CT molecular complexity index is 1750. The van der Waals surface area contributed by atoms with Crippen molar-refractivity contribution in [3.05, 3.63) is 114 Å². The van der Waals surface area contributed by atoms with Gasteiger partial charge < -0.3 is 9.64 Å². The molecule has 0 bridgehead atoms. The van der Waals surface area contributed by atoms with Crippen molar-refractivity contribution in [3.63, 3.8) is 0 Å². The fourth-order valence-corrected chi connectivity index (χ4v) is 7.58. The molecular formula is C34H30BrN5O2. The van der Waals surface area contributed by atoms with E-state index in [1.807, 2.05) is 48.0 Å². The molecule has 7 nitrogen and oxygen atoms in total. The topological polar surface area (TPSA) is 63.0 Å². The number of ketones is 1. The molecular weight excluding hydrogens is 590 g/mol. The number of aryl methyl sites for hydroxylation is 1. The van der Waals surface area contributed by atoms with Crippen LogP contribution in [0.1, 0.15) is 42.1 Å². The highest BCUT2D eigenvalue weighted by Gasteiger charge is 2.50. The van der Waals surface area contributed by atoms with Crippen molar-refractivity contribution in [2.45, 2.75) is 49.7 Å². The molecule has 8 heteroatoms. The highest BCUT2D eigenvalue weighted by Crippen LogP contribution is 2.52. The fourth-order valence-electron chi connectivity index (χ4n) is 6.92. The van der Waals surface area contributed by atoms with Crippen molar-refractivity contribution in [2.24, 2.45) is 10.9 Å². The molecule has 4 unspecified atom stereocenters. The number of fused-ring (bicyclic) bond motifs is 5. The number of aromatic nitrogens is 2. The van der Waals surface area contributed by atoms with Crippen molar-refractivity contribution in [2.75, 3.05) is 9.80 Å². The molecule has 1 fully saturated rings. The van der Waals surface area contributed by atoms with Gasteiger partial charge in [0.25, 0.3) is 0 Å². The Morgan fingerprint density at radius 2 is 1.64 bits per heavy atom. The third-order valence-corrected chi connectivity index (χ3v) is 9.73. The second-order valence-corrected chi connectivity index (χ2v) is 12.7. The van der Waals surface area contributed by atoms with E-state index >= 15 is 0 Å². The van der Waals surface area contributed by atoms with Gasteiger partial charge in [-0.3, -0.25) is 9.69 Å². The summed E-state index contributed by atoms with van der Waals surface area (Å²) >= 11 is 3.79. The van der Waals surface area contributed by atoms with Gasteiger partial charge in [0.05, 0.1) is 53.1 Å². The third kappa shape index (κ3) is 3.96. The van der Waals surface area contributed by atoms with E-state index in [4.69, 9.17) is 14.8 Å². The van der Waals surface area contributed by atoms with E-state index in [0.717, 1.165) is 59.4 Å². The van der Waals surface area contributed by atoms with Gasteiger partial charge in [-0.25, -0.2) is 4.68 Å². The van der Waals surface area contributed by atoms with E-state index in [-0.39, 0.29) is 17.8 Å². The molecule has 4 aliphatic rings. The van der Waals surface area contributed by atoms with Crippen LogP contribution in [0.5, 0.6) is 0 Å². The van der Waals surface area contributed by atoms with Crippen LogP contribution in [0.25, 0.3) is 5.69 Å². The molecule has 1 aliphatic carbocycles. The van der Waals surface area contributed by atoms with Crippen LogP contribution in [-0.4, -0.2) is 32.5 Å². The van der Waals surface area contributed by atoms with Gasteiger partial charge in [-0.15, -0.1) is 0 Å². The summed E-state index contributed by atoms with van der Waals surface area (Å²) in [5.74, 6) is 1.53. The summed E-state index contributed by atoms with van der Waals surface area (Å²) in [4.78, 5) is 24.5. The largest absolute Gasteiger partial charge is 0.497 e. The predicted octanol–water partition coefficient (Wildman–Crippen LogP) is 7.17. The second kappa shape index (κ2) is 9.98. The minimum atomic E-state index is -0.420. The van der Waals surface area contributed by atoms with Crippen LogP contribution in [0.2, 0.25) is 0 Å². The number of carbonyl (C=O) groups excluding carboxylic acids is 1. The lowest BCUT2D eigenvalue weighted by Crippen LogP contribution is -2.47. The Kier molecular flexibility index (Phi) is 6.07. The van der Waals surface area contributed by atoms with E-state index < -0.39 is 6.04 Å². The molecule has 1 aromatic heterocycles. The number of para-hydroxylation sites is 3. The monoisotopic (exact) mass is 619 g/mol. The van der Waals surface area contributed by atoms with E-state index in [1.165, 1.54) is 5.56 Å². The second-order valence-electron chi connectivity index (χ2n) is 11.4. The van der Waals surface area contributed by atoms with Gasteiger partial charge in [-0.1, -0.05) is 76.6 Å². The number of Topliss-reactive ketones (excluding diaryl/α,β-unsaturated/α-hetero) is 1. The number of ether oxygens (including phenoxy) is 1. The van der Waals surface area contributed by atoms with Crippen LogP contribution in [0.3, 0.4) is 0 Å². The minimum Gasteiger partial charge on any atom is -0.497 e. The number of rotatable bonds is 4. The Balaban J connectivity index is 1.34. The summed E-state index contributed by atoms with van der Waals surface area (Å²) in [5.41, 5.74) is 6.64. The zero-order chi connectivity index (χ0) is 28.4. The molecule has 4 heterocycles. The van der Waals surface area contributed by atoms with E-state index in [1.54, 1.807) is 6.26 Å². The first kappa shape index (κ1) is 25.5. The molecule has 0 saturated heterocycles. The molecule has 4 aromatic rings. The molecule has 3 aromatic carbocycles. The number of guanidine groups is 1. The SMILES string of the molecule is Cc1nn(-c2ccccc2)c2c1C(C1=COC3CCC(Br)CC3C1=O)N1C(=N2)N(Cc2ccccc2)c2ccccc21. The van der Waals surface area contributed by atoms with E-state index in [9.17, 15) is 4.79 Å². The lowest BCUT2D eigenvalue weighted by atomic mass is 9.77. The van der Waals surface area contributed by atoms with Crippen LogP contribution < -0.4 is 9.80 Å². The number of aliphatic imine (C=N–C) groups is 1. The van der Waals surface area contributed by atoms with Crippen molar-refractivity contribution >= 4 is 44.9 Å². The van der Waals surface area contributed by atoms with Crippen molar-refractivity contribution in [1.82, 2.24) is 9.78 Å². The van der Waals surface area contributed by atoms with Gasteiger partial charge >= 0.3 is 0 Å². The van der Waals surface area contributed by atoms with Gasteiger partial charge in [0.15, 0.2) is 11.6 Å². The molecule has 0 amide bonds. The lowest BCUT2D eigenvalue weighted by Gasteiger charge is -2.41. The number of carbonyl (C=O) groups is 1. The molecule has 0 radical (unpaired) electrons. The smallest absolute Gasteiger partial charge is 0.213 e. The molecule has 210 valence electrons. The Labute approximate surface area is 253 Å². The molecule has 3 aliphatic heterocycles. The minimum absolute atomic E-state index is 0.0696. The summed E-state index contributed by atoms with van der Waals surface area (Å²) < 4.78 is 8.28. The van der Waals surface area contributed by atoms with Crippen molar-refractivity contribution in [3.8, 4) is 5.69 Å². The Morgan fingerprint density at radius 1 is 0.929 bits per heavy atom. The van der Waals surface area contributed by atoms with Gasteiger partial charge in [-0.2, -0.15) is 10.1 Å². The summed E-state index contributed by atoms with van der Waals surface area (Å²) in [7, 11) is 0. The van der Waals surface area contributed by atoms with Gasteiger partial charge in [0.2, 0.25) is 5.96 Å². The maximum absolute atomic E-state index is 14.4. The zero-order valence-electron chi connectivity index (χ0n) is 23.2. The molecule has 1 saturated carbocycles.